The summed E-state index contributed by atoms with van der Waals surface area (Å²) in [4.78, 5) is 23.8. The lowest BCUT2D eigenvalue weighted by Crippen LogP contribution is -2.26. The molecule has 2 aromatic carbocycles. The van der Waals surface area contributed by atoms with Gasteiger partial charge in [0.1, 0.15) is 17.4 Å². The SMILES string of the molecule is CCOC(=O)C1=C(c2cccc([N+](=O)[O-])c2)OC(N)=C(C#N)C1c1ccc2c(c1)OCO2. The Kier molecular flexibility index (Phi) is 5.39. The molecule has 0 bridgehead atoms. The van der Waals surface area contributed by atoms with Gasteiger partial charge in [-0.15, -0.1) is 0 Å². The molecule has 10 heteroatoms. The molecule has 0 spiro atoms. The highest BCUT2D eigenvalue weighted by Crippen LogP contribution is 2.45. The third-order valence-electron chi connectivity index (χ3n) is 4.96. The Labute approximate surface area is 182 Å². The number of fused-ring (bicyclic) bond motifs is 1. The molecule has 2 aliphatic rings. The summed E-state index contributed by atoms with van der Waals surface area (Å²) < 4.78 is 21.7. The van der Waals surface area contributed by atoms with Gasteiger partial charge in [-0.3, -0.25) is 10.1 Å². The largest absolute Gasteiger partial charge is 0.463 e. The number of hydrogen-bond donors (Lipinski definition) is 1. The molecular weight excluding hydrogens is 418 g/mol. The van der Waals surface area contributed by atoms with Crippen molar-refractivity contribution in [3.63, 3.8) is 0 Å². The van der Waals surface area contributed by atoms with E-state index in [0.717, 1.165) is 0 Å². The van der Waals surface area contributed by atoms with Crippen molar-refractivity contribution >= 4 is 17.4 Å². The van der Waals surface area contributed by atoms with Crippen molar-refractivity contribution < 1.29 is 28.7 Å². The third kappa shape index (κ3) is 3.56. The highest BCUT2D eigenvalue weighted by molar-refractivity contribution is 6.00. The van der Waals surface area contributed by atoms with Gasteiger partial charge >= 0.3 is 5.97 Å². The molecule has 0 aliphatic carbocycles. The van der Waals surface area contributed by atoms with E-state index in [1.165, 1.54) is 18.2 Å². The van der Waals surface area contributed by atoms with Crippen LogP contribution in [0.25, 0.3) is 5.76 Å². The van der Waals surface area contributed by atoms with Crippen LogP contribution < -0.4 is 15.2 Å². The second kappa shape index (κ2) is 8.31. The van der Waals surface area contributed by atoms with E-state index in [1.54, 1.807) is 31.2 Å². The fraction of sp³-hybridized carbons (Fsp3) is 0.182. The predicted octanol–water partition coefficient (Wildman–Crippen LogP) is 3.11. The summed E-state index contributed by atoms with van der Waals surface area (Å²) >= 11 is 0. The van der Waals surface area contributed by atoms with Crippen LogP contribution in [0.4, 0.5) is 5.69 Å². The van der Waals surface area contributed by atoms with E-state index in [1.807, 2.05) is 6.07 Å². The number of carbonyl (C=O) groups excluding carboxylic acids is 1. The molecule has 1 atom stereocenters. The first-order valence-corrected chi connectivity index (χ1v) is 9.57. The molecule has 2 aromatic rings. The average molecular weight is 435 g/mol. The van der Waals surface area contributed by atoms with Gasteiger partial charge in [0, 0.05) is 17.7 Å². The molecule has 2 N–H and O–H groups in total. The number of carbonyl (C=O) groups is 1. The van der Waals surface area contributed by atoms with Crippen molar-refractivity contribution in [2.45, 2.75) is 12.8 Å². The number of nitrogens with two attached hydrogens (primary N) is 1. The third-order valence-corrected chi connectivity index (χ3v) is 4.96. The molecule has 162 valence electrons. The van der Waals surface area contributed by atoms with Crippen molar-refractivity contribution in [3.05, 3.63) is 80.7 Å². The number of allylic oxidation sites excluding steroid dienone is 1. The second-order valence-corrected chi connectivity index (χ2v) is 6.81. The van der Waals surface area contributed by atoms with E-state index in [0.29, 0.717) is 17.1 Å². The van der Waals surface area contributed by atoms with Crippen LogP contribution in [0.15, 0.2) is 59.5 Å². The summed E-state index contributed by atoms with van der Waals surface area (Å²) in [7, 11) is 0. The van der Waals surface area contributed by atoms with Crippen molar-refractivity contribution in [1.82, 2.24) is 0 Å². The van der Waals surface area contributed by atoms with Crippen LogP contribution in [0, 0.1) is 21.4 Å². The van der Waals surface area contributed by atoms with E-state index >= 15 is 0 Å². The molecule has 32 heavy (non-hydrogen) atoms. The fourth-order valence-electron chi connectivity index (χ4n) is 3.58. The first-order valence-electron chi connectivity index (χ1n) is 9.57. The maximum Gasteiger partial charge on any atom is 0.338 e. The van der Waals surface area contributed by atoms with Gasteiger partial charge < -0.3 is 24.7 Å². The van der Waals surface area contributed by atoms with Crippen LogP contribution in [0.5, 0.6) is 11.5 Å². The van der Waals surface area contributed by atoms with Crippen molar-refractivity contribution in [3.8, 4) is 17.6 Å². The molecule has 0 saturated carbocycles. The van der Waals surface area contributed by atoms with Gasteiger partial charge in [-0.2, -0.15) is 5.26 Å². The quantitative estimate of drug-likeness (QED) is 0.425. The Balaban J connectivity index is 1.95. The van der Waals surface area contributed by atoms with Crippen LogP contribution >= 0.6 is 0 Å². The zero-order valence-electron chi connectivity index (χ0n) is 16.9. The number of esters is 1. The Morgan fingerprint density at radius 3 is 2.78 bits per heavy atom. The highest BCUT2D eigenvalue weighted by Gasteiger charge is 2.39. The molecule has 10 nitrogen and oxygen atoms in total. The van der Waals surface area contributed by atoms with E-state index < -0.39 is 16.8 Å². The van der Waals surface area contributed by atoms with Gasteiger partial charge in [0.05, 0.1) is 23.0 Å². The lowest BCUT2D eigenvalue weighted by molar-refractivity contribution is -0.384. The fourth-order valence-corrected chi connectivity index (χ4v) is 3.58. The number of nitriles is 1. The number of rotatable bonds is 5. The summed E-state index contributed by atoms with van der Waals surface area (Å²) in [6.07, 6.45) is 0. The summed E-state index contributed by atoms with van der Waals surface area (Å²) in [5, 5.41) is 21.1. The van der Waals surface area contributed by atoms with Crippen LogP contribution in [0.1, 0.15) is 24.0 Å². The first-order chi connectivity index (χ1) is 15.4. The number of nitro groups is 1. The molecule has 2 heterocycles. The normalized spacial score (nSPS) is 16.9. The maximum absolute atomic E-state index is 13.1. The molecular formula is C22H17N3O7. The minimum absolute atomic E-state index is 0.00102. The Morgan fingerprint density at radius 1 is 1.28 bits per heavy atom. The number of nitrogens with zero attached hydrogens (tertiary/aromatic N) is 2. The van der Waals surface area contributed by atoms with Crippen molar-refractivity contribution in [1.29, 1.82) is 5.26 Å². The minimum Gasteiger partial charge on any atom is -0.463 e. The van der Waals surface area contributed by atoms with Gasteiger partial charge in [0.25, 0.3) is 5.69 Å². The monoisotopic (exact) mass is 435 g/mol. The summed E-state index contributed by atoms with van der Waals surface area (Å²) in [5.74, 6) is -0.952. The number of non-ortho nitro benzene ring substituents is 1. The Hall–Kier alpha value is -4.52. The topological polar surface area (TPSA) is 147 Å². The number of benzene rings is 2. The average Bonchev–Trinajstić information content (AvgIpc) is 3.26. The van der Waals surface area contributed by atoms with Gasteiger partial charge in [-0.1, -0.05) is 18.2 Å². The van der Waals surface area contributed by atoms with Crippen LogP contribution in [0.3, 0.4) is 0 Å². The zero-order chi connectivity index (χ0) is 22.8. The Morgan fingerprint density at radius 2 is 2.06 bits per heavy atom. The first kappa shape index (κ1) is 20.7. The molecule has 0 amide bonds. The van der Waals surface area contributed by atoms with Gasteiger partial charge in [0.15, 0.2) is 11.5 Å². The van der Waals surface area contributed by atoms with Gasteiger partial charge in [-0.25, -0.2) is 4.79 Å². The van der Waals surface area contributed by atoms with E-state index in [-0.39, 0.29) is 47.4 Å². The minimum atomic E-state index is -0.948. The van der Waals surface area contributed by atoms with Crippen LogP contribution in [0.2, 0.25) is 0 Å². The van der Waals surface area contributed by atoms with Crippen molar-refractivity contribution in [2.24, 2.45) is 5.73 Å². The highest BCUT2D eigenvalue weighted by atomic mass is 16.7. The smallest absolute Gasteiger partial charge is 0.338 e. The summed E-state index contributed by atoms with van der Waals surface area (Å²) in [5.41, 5.74) is 6.61. The zero-order valence-corrected chi connectivity index (χ0v) is 16.9. The van der Waals surface area contributed by atoms with E-state index in [4.69, 9.17) is 24.7 Å². The molecule has 2 aliphatic heterocycles. The predicted molar refractivity (Wildman–Crippen MR) is 110 cm³/mol. The van der Waals surface area contributed by atoms with Crippen LogP contribution in [-0.4, -0.2) is 24.3 Å². The lowest BCUT2D eigenvalue weighted by atomic mass is 9.82. The molecule has 0 saturated heterocycles. The van der Waals surface area contributed by atoms with Crippen molar-refractivity contribution in [2.75, 3.05) is 13.4 Å². The molecule has 0 aromatic heterocycles. The van der Waals surface area contributed by atoms with Gasteiger partial charge in [0.2, 0.25) is 12.7 Å². The van der Waals surface area contributed by atoms with Crippen LogP contribution in [-0.2, 0) is 14.3 Å². The lowest BCUT2D eigenvalue weighted by Gasteiger charge is -2.28. The maximum atomic E-state index is 13.1. The number of nitro benzene ring substituents is 1. The Bertz CT molecular complexity index is 1230. The summed E-state index contributed by atoms with van der Waals surface area (Å²) in [6.45, 7) is 1.76. The summed E-state index contributed by atoms with van der Waals surface area (Å²) in [6, 6.07) is 12.6. The molecule has 0 radical (unpaired) electrons. The molecule has 1 unspecified atom stereocenters. The molecule has 0 fully saturated rings. The van der Waals surface area contributed by atoms with E-state index in [9.17, 15) is 20.2 Å². The van der Waals surface area contributed by atoms with E-state index in [2.05, 4.69) is 0 Å². The standard InChI is InChI=1S/C22H17N3O7/c1-2-29-22(26)19-18(12-6-7-16-17(9-12)31-11-30-16)15(10-23)21(24)32-20(19)13-4-3-5-14(8-13)25(27)28/h3-9,18H,2,11,24H2,1H3. The molecule has 4 rings (SSSR count). The number of ether oxygens (including phenoxy) is 4. The van der Waals surface area contributed by atoms with Gasteiger partial charge in [-0.05, 0) is 24.6 Å². The second-order valence-electron chi connectivity index (χ2n) is 6.81. The number of hydrogen-bond acceptors (Lipinski definition) is 9.